The van der Waals surface area contributed by atoms with Gasteiger partial charge in [-0.3, -0.25) is 9.88 Å². The lowest BCUT2D eigenvalue weighted by atomic mass is 9.88. The average Bonchev–Trinajstić information content (AvgIpc) is 2.80. The number of rotatable bonds is 6. The van der Waals surface area contributed by atoms with Gasteiger partial charge in [0.25, 0.3) is 0 Å². The molecule has 2 saturated heterocycles. The fourth-order valence-electron chi connectivity index (χ4n) is 5.33. The van der Waals surface area contributed by atoms with Crippen molar-refractivity contribution in [2.75, 3.05) is 58.8 Å². The fourth-order valence-corrected chi connectivity index (χ4v) is 5.33. The van der Waals surface area contributed by atoms with Crippen molar-refractivity contribution in [2.45, 2.75) is 43.8 Å². The Kier molecular flexibility index (Phi) is 7.02. The van der Waals surface area contributed by atoms with Gasteiger partial charge in [0.2, 0.25) is 0 Å². The monoisotopic (exact) mass is 457 g/mol. The number of nitrogens with one attached hydrogen (secondary N) is 2. The van der Waals surface area contributed by atoms with E-state index in [9.17, 15) is 15.0 Å². The Balaban J connectivity index is 1.42. The predicted molar refractivity (Wildman–Crippen MR) is 128 cm³/mol. The topological polar surface area (TPSA) is 99.4 Å². The van der Waals surface area contributed by atoms with Gasteiger partial charge in [0.1, 0.15) is 17.7 Å². The van der Waals surface area contributed by atoms with Crippen molar-refractivity contribution >= 4 is 22.5 Å². The maximum atomic E-state index is 13.4. The summed E-state index contributed by atoms with van der Waals surface area (Å²) in [6, 6.07) is 5.75. The number of quaternary nitrogens is 1. The lowest BCUT2D eigenvalue weighted by Gasteiger charge is -2.42. The molecule has 8 nitrogen and oxygen atoms in total. The number of nitrogens with zero attached hydrogens (tertiary/aromatic N) is 2. The molecule has 180 valence electrons. The normalized spacial score (nSPS) is 21.6. The van der Waals surface area contributed by atoms with Crippen LogP contribution in [-0.2, 0) is 4.74 Å². The minimum absolute atomic E-state index is 0.0585. The number of aromatic nitrogens is 1. The summed E-state index contributed by atoms with van der Waals surface area (Å²) in [5.74, 6) is -0.0585. The number of fused-ring (bicyclic) bond motifs is 1. The molecule has 0 spiro atoms. The fraction of sp³-hybridized carbons (Fsp3) is 0.600. The van der Waals surface area contributed by atoms with E-state index in [2.05, 4.69) is 15.2 Å². The highest BCUT2D eigenvalue weighted by Gasteiger charge is 2.40. The summed E-state index contributed by atoms with van der Waals surface area (Å²) in [4.78, 5) is 20.8. The van der Waals surface area contributed by atoms with Crippen LogP contribution in [0.15, 0.2) is 24.4 Å². The van der Waals surface area contributed by atoms with Crippen LogP contribution in [-0.4, -0.2) is 90.7 Å². The number of pyridine rings is 1. The number of piperidine rings is 1. The predicted octanol–water partition coefficient (Wildman–Crippen LogP) is 0.608. The van der Waals surface area contributed by atoms with Crippen LogP contribution in [0.2, 0.25) is 0 Å². The molecule has 1 aromatic carbocycles. The maximum Gasteiger partial charge on any atom is 0.346 e. The Labute approximate surface area is 195 Å². The van der Waals surface area contributed by atoms with Crippen LogP contribution in [0.25, 0.3) is 10.9 Å². The number of aliphatic hydroxyl groups is 2. The molecule has 2 aliphatic rings. The SMILES string of the molecule is CNc1c(C)cc(C(=O)[NH+](C)CC2(O)CCN(CC3(O)CCOCC3)CC2)c2ncccc12. The molecule has 2 fully saturated rings. The van der Waals surface area contributed by atoms with Crippen LogP contribution in [0.5, 0.6) is 0 Å². The van der Waals surface area contributed by atoms with Crippen molar-refractivity contribution in [2.24, 2.45) is 0 Å². The van der Waals surface area contributed by atoms with E-state index in [-0.39, 0.29) is 5.91 Å². The van der Waals surface area contributed by atoms with Crippen LogP contribution in [0.3, 0.4) is 0 Å². The number of ether oxygens (including phenoxy) is 1. The van der Waals surface area contributed by atoms with Gasteiger partial charge >= 0.3 is 5.91 Å². The Bertz CT molecular complexity index is 997. The zero-order chi connectivity index (χ0) is 23.6. The van der Waals surface area contributed by atoms with Crippen LogP contribution < -0.4 is 10.2 Å². The summed E-state index contributed by atoms with van der Waals surface area (Å²) in [6.45, 7) is 5.57. The van der Waals surface area contributed by atoms with Crippen LogP contribution in [0.1, 0.15) is 41.6 Å². The number of β-amino-alcohol motifs (C(OH)–C–C–N with tert-alkyl or cyclic N) is 1. The minimum Gasteiger partial charge on any atom is -0.388 e. The number of benzene rings is 1. The molecule has 0 bridgehead atoms. The summed E-state index contributed by atoms with van der Waals surface area (Å²) < 4.78 is 5.38. The van der Waals surface area contributed by atoms with Crippen molar-refractivity contribution in [3.8, 4) is 0 Å². The molecular formula is C25H37N4O4+. The van der Waals surface area contributed by atoms with Gasteiger partial charge in [0.15, 0.2) is 0 Å². The third-order valence-corrected chi connectivity index (χ3v) is 7.29. The van der Waals surface area contributed by atoms with E-state index < -0.39 is 11.2 Å². The summed E-state index contributed by atoms with van der Waals surface area (Å²) in [6.07, 6.45) is 4.19. The molecule has 2 aromatic rings. The molecule has 1 unspecified atom stereocenters. The largest absolute Gasteiger partial charge is 0.388 e. The highest BCUT2D eigenvalue weighted by Crippen LogP contribution is 2.29. The summed E-state index contributed by atoms with van der Waals surface area (Å²) in [5.41, 5.74) is 1.64. The molecule has 1 amide bonds. The second-order valence-electron chi connectivity index (χ2n) is 9.89. The van der Waals surface area contributed by atoms with E-state index in [0.717, 1.165) is 16.6 Å². The number of anilines is 1. The molecule has 1 atom stereocenters. The van der Waals surface area contributed by atoms with Crippen LogP contribution in [0, 0.1) is 6.92 Å². The van der Waals surface area contributed by atoms with Gasteiger partial charge in [-0.25, -0.2) is 4.79 Å². The molecule has 2 aliphatic heterocycles. The maximum absolute atomic E-state index is 13.4. The molecule has 3 heterocycles. The average molecular weight is 458 g/mol. The third-order valence-electron chi connectivity index (χ3n) is 7.29. The summed E-state index contributed by atoms with van der Waals surface area (Å²) in [5, 5.41) is 26.2. The molecule has 4 N–H and O–H groups in total. The van der Waals surface area contributed by atoms with Crippen LogP contribution in [0.4, 0.5) is 5.69 Å². The number of carbonyl (C=O) groups excluding carboxylic acids is 1. The molecule has 0 aliphatic carbocycles. The quantitative estimate of drug-likeness (QED) is 0.504. The molecule has 4 rings (SSSR count). The van der Waals surface area contributed by atoms with Crippen molar-refractivity contribution in [1.82, 2.24) is 9.88 Å². The third kappa shape index (κ3) is 5.20. The minimum atomic E-state index is -0.905. The Morgan fingerprint density at radius 2 is 1.91 bits per heavy atom. The lowest BCUT2D eigenvalue weighted by molar-refractivity contribution is -0.800. The number of hydrogen-bond donors (Lipinski definition) is 4. The highest BCUT2D eigenvalue weighted by molar-refractivity contribution is 6.06. The second-order valence-corrected chi connectivity index (χ2v) is 9.89. The van der Waals surface area contributed by atoms with Crippen molar-refractivity contribution in [3.63, 3.8) is 0 Å². The van der Waals surface area contributed by atoms with Gasteiger partial charge in [-0.1, -0.05) is 0 Å². The van der Waals surface area contributed by atoms with E-state index in [1.165, 1.54) is 0 Å². The number of aryl methyl sites for hydroxylation is 1. The number of hydrogen-bond acceptors (Lipinski definition) is 7. The first-order valence-corrected chi connectivity index (χ1v) is 11.9. The van der Waals surface area contributed by atoms with Crippen molar-refractivity contribution in [3.05, 3.63) is 35.5 Å². The molecule has 33 heavy (non-hydrogen) atoms. The molecule has 1 aromatic heterocycles. The van der Waals surface area contributed by atoms with E-state index >= 15 is 0 Å². The summed E-state index contributed by atoms with van der Waals surface area (Å²) in [7, 11) is 3.70. The van der Waals surface area contributed by atoms with Gasteiger partial charge in [-0.05, 0) is 43.5 Å². The smallest absolute Gasteiger partial charge is 0.346 e. The first-order chi connectivity index (χ1) is 15.7. The Morgan fingerprint density at radius 1 is 1.21 bits per heavy atom. The molecular weight excluding hydrogens is 420 g/mol. The number of likely N-dealkylation sites (N-methyl/N-ethyl adjacent to an activating group) is 1. The summed E-state index contributed by atoms with van der Waals surface area (Å²) >= 11 is 0. The van der Waals surface area contributed by atoms with Crippen molar-refractivity contribution in [1.29, 1.82) is 0 Å². The number of carbonyl (C=O) groups is 1. The van der Waals surface area contributed by atoms with E-state index in [1.54, 1.807) is 6.20 Å². The lowest BCUT2D eigenvalue weighted by Crippen LogP contribution is -3.13. The van der Waals surface area contributed by atoms with Gasteiger partial charge in [-0.2, -0.15) is 0 Å². The first-order valence-electron chi connectivity index (χ1n) is 11.9. The Hall–Kier alpha value is -2.10. The molecule has 8 heteroatoms. The van der Waals surface area contributed by atoms with E-state index in [0.29, 0.717) is 81.1 Å². The van der Waals surface area contributed by atoms with Gasteiger partial charge in [0.05, 0.1) is 18.2 Å². The van der Waals surface area contributed by atoms with Gasteiger partial charge in [-0.15, -0.1) is 0 Å². The number of amides is 1. The second kappa shape index (κ2) is 9.64. The zero-order valence-corrected chi connectivity index (χ0v) is 20.0. The first kappa shape index (κ1) is 24.0. The van der Waals surface area contributed by atoms with Gasteiger partial charge < -0.3 is 25.2 Å². The van der Waals surface area contributed by atoms with Crippen molar-refractivity contribution < 1.29 is 24.6 Å². The van der Waals surface area contributed by atoms with E-state index in [4.69, 9.17) is 4.74 Å². The molecule has 0 radical (unpaired) electrons. The van der Waals surface area contributed by atoms with E-state index in [1.807, 2.05) is 39.2 Å². The molecule has 0 saturated carbocycles. The standard InChI is InChI=1S/C25H36N4O4/c1-18-15-20(22-19(21(18)26-2)5-4-10-27-22)23(30)28(3)16-24(31)6-11-29(12-7-24)17-25(32)8-13-33-14-9-25/h4-5,10,15,26,31-32H,6-9,11-14,16-17H2,1-3H3/p+1. The zero-order valence-electron chi connectivity index (χ0n) is 20.0. The highest BCUT2D eigenvalue weighted by atomic mass is 16.5. The van der Waals surface area contributed by atoms with Gasteiger partial charge in [0, 0.05) is 70.0 Å². The number of likely N-dealkylation sites (tertiary alicyclic amines) is 1. The Morgan fingerprint density at radius 3 is 2.58 bits per heavy atom. The van der Waals surface area contributed by atoms with Crippen LogP contribution >= 0.6 is 0 Å².